The van der Waals surface area contributed by atoms with E-state index in [0.717, 1.165) is 12.1 Å². The molecule has 2 aromatic rings. The molecule has 164 valence electrons. The van der Waals surface area contributed by atoms with Crippen molar-refractivity contribution in [3.05, 3.63) is 59.7 Å². The zero-order chi connectivity index (χ0) is 22.8. The molecule has 0 fully saturated rings. The molecule has 2 N–H and O–H groups in total. The van der Waals surface area contributed by atoms with Crippen molar-refractivity contribution in [1.29, 1.82) is 0 Å². The van der Waals surface area contributed by atoms with Crippen LogP contribution in [0.1, 0.15) is 18.1 Å². The molecule has 1 heterocycles. The van der Waals surface area contributed by atoms with Gasteiger partial charge in [0.2, 0.25) is 0 Å². The van der Waals surface area contributed by atoms with Crippen molar-refractivity contribution in [2.75, 3.05) is 11.9 Å². The molecule has 12 heteroatoms. The first-order valence-corrected chi connectivity index (χ1v) is 10.3. The van der Waals surface area contributed by atoms with Gasteiger partial charge in [0.15, 0.2) is 6.61 Å². The molecule has 31 heavy (non-hydrogen) atoms. The molecular weight excluding hydrogens is 439 g/mol. The Bertz CT molecular complexity index is 1160. The van der Waals surface area contributed by atoms with Gasteiger partial charge in [0.05, 0.1) is 16.1 Å². The Labute approximate surface area is 175 Å². The lowest BCUT2D eigenvalue weighted by Gasteiger charge is -2.14. The minimum Gasteiger partial charge on any atom is -0.454 e. The minimum atomic E-state index is -4.67. The number of carbonyl (C=O) groups excluding carboxylic acids is 2. The smallest absolute Gasteiger partial charge is 0.418 e. The van der Waals surface area contributed by atoms with Crippen LogP contribution < -0.4 is 10.0 Å². The van der Waals surface area contributed by atoms with Crippen LogP contribution in [0.15, 0.2) is 58.4 Å². The van der Waals surface area contributed by atoms with Crippen LogP contribution in [0, 0.1) is 0 Å². The van der Waals surface area contributed by atoms with E-state index < -0.39 is 52.0 Å². The van der Waals surface area contributed by atoms with E-state index in [1.54, 1.807) is 6.07 Å². The van der Waals surface area contributed by atoms with Crippen LogP contribution in [0.3, 0.4) is 0 Å². The normalized spacial score (nSPS) is 16.8. The van der Waals surface area contributed by atoms with Crippen molar-refractivity contribution in [1.82, 2.24) is 4.72 Å². The summed E-state index contributed by atoms with van der Waals surface area (Å²) in [5.74, 6) is -1.99. The molecule has 0 radical (unpaired) electrons. The van der Waals surface area contributed by atoms with Gasteiger partial charge in [-0.3, -0.25) is 14.5 Å². The zero-order valence-electron chi connectivity index (χ0n) is 15.9. The number of nitrogens with zero attached hydrogens (tertiary/aromatic N) is 1. The Hall–Kier alpha value is -3.41. The topological polar surface area (TPSA) is 114 Å². The van der Waals surface area contributed by atoms with Gasteiger partial charge >= 0.3 is 12.1 Å². The van der Waals surface area contributed by atoms with E-state index in [9.17, 15) is 31.2 Å². The first kappa shape index (κ1) is 22.3. The van der Waals surface area contributed by atoms with Gasteiger partial charge in [-0.2, -0.15) is 13.2 Å². The number of amides is 1. The summed E-state index contributed by atoms with van der Waals surface area (Å²) < 4.78 is 70.1. The number of hydrogen-bond acceptors (Lipinski definition) is 6. The summed E-state index contributed by atoms with van der Waals surface area (Å²) in [5.41, 5.74) is -1.23. The van der Waals surface area contributed by atoms with Gasteiger partial charge in [-0.05, 0) is 31.2 Å². The van der Waals surface area contributed by atoms with Crippen molar-refractivity contribution in [3.8, 4) is 0 Å². The Morgan fingerprint density at radius 2 is 1.77 bits per heavy atom. The molecule has 1 amide bonds. The molecule has 1 aliphatic rings. The van der Waals surface area contributed by atoms with E-state index in [4.69, 9.17) is 4.74 Å². The lowest BCUT2D eigenvalue weighted by atomic mass is 10.1. The summed E-state index contributed by atoms with van der Waals surface area (Å²) in [7, 11) is -3.79. The van der Waals surface area contributed by atoms with Crippen molar-refractivity contribution in [2.24, 2.45) is 4.99 Å². The molecule has 0 saturated carbocycles. The highest BCUT2D eigenvalue weighted by atomic mass is 32.2. The molecule has 0 spiro atoms. The number of amidine groups is 1. The Kier molecular flexibility index (Phi) is 6.02. The number of para-hydroxylation sites is 1. The second kappa shape index (κ2) is 8.38. The van der Waals surface area contributed by atoms with Crippen LogP contribution in [-0.2, 0) is 30.5 Å². The quantitative estimate of drug-likeness (QED) is 0.672. The van der Waals surface area contributed by atoms with Crippen LogP contribution in [-0.4, -0.2) is 38.8 Å². The fourth-order valence-corrected chi connectivity index (χ4v) is 4.00. The second-order valence-corrected chi connectivity index (χ2v) is 8.11. The number of halogens is 3. The molecule has 1 atom stereocenters. The Balaban J connectivity index is 1.63. The number of ether oxygens (including phenoxy) is 1. The molecule has 0 aromatic heterocycles. The first-order chi connectivity index (χ1) is 14.5. The molecule has 0 unspecified atom stereocenters. The summed E-state index contributed by atoms with van der Waals surface area (Å²) in [6.45, 7) is 0.476. The molecule has 1 aliphatic heterocycles. The maximum atomic E-state index is 13.0. The molecule has 2 aromatic carbocycles. The van der Waals surface area contributed by atoms with E-state index in [2.05, 4.69) is 9.71 Å². The maximum Gasteiger partial charge on any atom is 0.418 e. The number of hydrogen-bond donors (Lipinski definition) is 2. The van der Waals surface area contributed by atoms with Gasteiger partial charge in [0.25, 0.3) is 15.9 Å². The van der Waals surface area contributed by atoms with Crippen LogP contribution >= 0.6 is 0 Å². The number of esters is 1. The number of carbonyl (C=O) groups is 2. The van der Waals surface area contributed by atoms with E-state index >= 15 is 0 Å². The Morgan fingerprint density at radius 1 is 1.13 bits per heavy atom. The first-order valence-electron chi connectivity index (χ1n) is 8.82. The number of alkyl halides is 3. The summed E-state index contributed by atoms with van der Waals surface area (Å²) in [6.07, 6.45) is -4.67. The molecule has 0 aliphatic carbocycles. The third-order valence-corrected chi connectivity index (χ3v) is 5.58. The summed E-state index contributed by atoms with van der Waals surface area (Å²) in [4.78, 5) is 28.1. The highest BCUT2D eigenvalue weighted by molar-refractivity contribution is 7.90. The largest absolute Gasteiger partial charge is 0.454 e. The van der Waals surface area contributed by atoms with Crippen molar-refractivity contribution in [3.63, 3.8) is 0 Å². The standard InChI is InChI=1S/C19H16F3N3O5S/c1-11(23-17-12-6-2-5-9-15(12)31(28,29)25-17)18(27)30-10-16(26)24-14-8-4-3-7-13(14)19(20,21)22/h2-9,11H,10H2,1H3,(H,23,25)(H,24,26)/t11-/m0/s1. The SMILES string of the molecule is C[C@H](N=C1NS(=O)(=O)c2ccccc21)C(=O)OCC(=O)Nc1ccccc1C(F)(F)F. The van der Waals surface area contributed by atoms with E-state index in [-0.39, 0.29) is 16.3 Å². The van der Waals surface area contributed by atoms with Gasteiger partial charge in [-0.1, -0.05) is 24.3 Å². The molecule has 8 nitrogen and oxygen atoms in total. The number of aliphatic imine (C=N–C) groups is 1. The average Bonchev–Trinajstić information content (AvgIpc) is 2.96. The highest BCUT2D eigenvalue weighted by Gasteiger charge is 2.34. The number of benzene rings is 2. The van der Waals surface area contributed by atoms with Gasteiger partial charge in [0, 0.05) is 5.56 Å². The third kappa shape index (κ3) is 5.02. The van der Waals surface area contributed by atoms with Crippen molar-refractivity contribution in [2.45, 2.75) is 24.0 Å². The minimum absolute atomic E-state index is 0.0111. The van der Waals surface area contributed by atoms with Gasteiger partial charge in [-0.15, -0.1) is 0 Å². The number of anilines is 1. The van der Waals surface area contributed by atoms with Crippen LogP contribution in [0.5, 0.6) is 0 Å². The molecule has 0 bridgehead atoms. The summed E-state index contributed by atoms with van der Waals surface area (Å²) in [6, 6.07) is 9.21. The van der Waals surface area contributed by atoms with Crippen molar-refractivity contribution >= 4 is 33.4 Å². The van der Waals surface area contributed by atoms with E-state index in [1.165, 1.54) is 37.3 Å². The lowest BCUT2D eigenvalue weighted by Crippen LogP contribution is -2.29. The summed E-state index contributed by atoms with van der Waals surface area (Å²) >= 11 is 0. The number of sulfonamides is 1. The predicted octanol–water partition coefficient (Wildman–Crippen LogP) is 2.31. The van der Waals surface area contributed by atoms with Crippen LogP contribution in [0.25, 0.3) is 0 Å². The van der Waals surface area contributed by atoms with Crippen molar-refractivity contribution < 1.29 is 35.9 Å². The zero-order valence-corrected chi connectivity index (χ0v) is 16.8. The summed E-state index contributed by atoms with van der Waals surface area (Å²) in [5, 5.41) is 2.04. The predicted molar refractivity (Wildman–Crippen MR) is 104 cm³/mol. The van der Waals surface area contributed by atoms with Gasteiger partial charge in [-0.25, -0.2) is 13.2 Å². The third-order valence-electron chi connectivity index (χ3n) is 4.18. The second-order valence-electron chi connectivity index (χ2n) is 6.45. The van der Waals surface area contributed by atoms with Gasteiger partial charge < -0.3 is 10.1 Å². The van der Waals surface area contributed by atoms with E-state index in [0.29, 0.717) is 0 Å². The van der Waals surface area contributed by atoms with Crippen LogP contribution in [0.2, 0.25) is 0 Å². The molecule has 3 rings (SSSR count). The van der Waals surface area contributed by atoms with Crippen LogP contribution in [0.4, 0.5) is 18.9 Å². The monoisotopic (exact) mass is 455 g/mol. The highest BCUT2D eigenvalue weighted by Crippen LogP contribution is 2.34. The number of nitrogens with one attached hydrogen (secondary N) is 2. The average molecular weight is 455 g/mol. The van der Waals surface area contributed by atoms with Gasteiger partial charge in [0.1, 0.15) is 11.9 Å². The molecule has 0 saturated heterocycles. The molecular formula is C19H16F3N3O5S. The lowest BCUT2D eigenvalue weighted by molar-refractivity contribution is -0.148. The fourth-order valence-electron chi connectivity index (χ4n) is 2.76. The van der Waals surface area contributed by atoms with E-state index in [1.807, 2.05) is 5.32 Å². The maximum absolute atomic E-state index is 13.0. The number of rotatable bonds is 5. The number of fused-ring (bicyclic) bond motifs is 1. The fraction of sp³-hybridized carbons (Fsp3) is 0.211. The Morgan fingerprint density at radius 3 is 2.48 bits per heavy atom.